The van der Waals surface area contributed by atoms with Gasteiger partial charge in [0.15, 0.2) is 0 Å². The molecule has 5 heteroatoms. The number of hydrogen-bond donors (Lipinski definition) is 2. The zero-order valence-corrected chi connectivity index (χ0v) is 14.7. The van der Waals surface area contributed by atoms with Gasteiger partial charge in [-0.3, -0.25) is 9.59 Å². The Morgan fingerprint density at radius 2 is 2.00 bits per heavy atom. The van der Waals surface area contributed by atoms with Crippen molar-refractivity contribution in [1.29, 1.82) is 0 Å². The molecule has 1 fully saturated rings. The maximum absolute atomic E-state index is 12.0. The minimum Gasteiger partial charge on any atom is -0.497 e. The van der Waals surface area contributed by atoms with Crippen molar-refractivity contribution < 1.29 is 19.4 Å². The molecule has 24 heavy (non-hydrogen) atoms. The zero-order valence-electron chi connectivity index (χ0n) is 14.7. The normalized spacial score (nSPS) is 18.6. The summed E-state index contributed by atoms with van der Waals surface area (Å²) >= 11 is 0. The molecule has 0 unspecified atom stereocenters. The molecule has 0 saturated carbocycles. The monoisotopic (exact) mass is 333 g/mol. The number of hydrogen-bond acceptors (Lipinski definition) is 4. The van der Waals surface area contributed by atoms with Crippen LogP contribution in [0.1, 0.15) is 31.4 Å². The quantitative estimate of drug-likeness (QED) is 0.763. The highest BCUT2D eigenvalue weighted by Crippen LogP contribution is 2.26. The summed E-state index contributed by atoms with van der Waals surface area (Å²) < 4.78 is 5.33. The summed E-state index contributed by atoms with van der Waals surface area (Å²) in [6, 6.07) is 5.68. The van der Waals surface area contributed by atoms with Crippen LogP contribution in [0.15, 0.2) is 18.2 Å². The lowest BCUT2D eigenvalue weighted by molar-refractivity contribution is -0.143. The lowest BCUT2D eigenvalue weighted by Crippen LogP contribution is -2.27. The predicted molar refractivity (Wildman–Crippen MR) is 92.3 cm³/mol. The molecule has 1 aromatic rings. The maximum atomic E-state index is 12.0. The smallest absolute Gasteiger partial charge is 0.307 e. The largest absolute Gasteiger partial charge is 0.497 e. The van der Waals surface area contributed by atoms with Crippen LogP contribution in [0.4, 0.5) is 0 Å². The Labute approximate surface area is 143 Å². The SMILES string of the molecule is COc1cc(CC(=O)C(C)C)cc(C[C@H](C(=O)O)[C@H]2CCNC2)c1. The molecule has 0 spiro atoms. The first-order valence-electron chi connectivity index (χ1n) is 8.53. The summed E-state index contributed by atoms with van der Waals surface area (Å²) in [6.45, 7) is 5.40. The molecule has 0 amide bonds. The first kappa shape index (κ1) is 18.5. The molecule has 1 heterocycles. The van der Waals surface area contributed by atoms with Gasteiger partial charge < -0.3 is 15.2 Å². The number of ketones is 1. The Kier molecular flexibility index (Phi) is 6.37. The van der Waals surface area contributed by atoms with Crippen LogP contribution in [0.2, 0.25) is 0 Å². The number of Topliss-reactive ketones (excluding diaryl/α,β-unsaturated/α-hetero) is 1. The Balaban J connectivity index is 2.21. The third-order valence-electron chi connectivity index (χ3n) is 4.72. The summed E-state index contributed by atoms with van der Waals surface area (Å²) in [5.74, 6) is -0.200. The summed E-state index contributed by atoms with van der Waals surface area (Å²) in [7, 11) is 1.59. The highest BCUT2D eigenvalue weighted by atomic mass is 16.5. The molecule has 2 rings (SSSR count). The first-order chi connectivity index (χ1) is 11.4. The fraction of sp³-hybridized carbons (Fsp3) is 0.579. The highest BCUT2D eigenvalue weighted by Gasteiger charge is 2.30. The number of carboxylic acid groups (broad SMARTS) is 1. The van der Waals surface area contributed by atoms with Gasteiger partial charge in [-0.2, -0.15) is 0 Å². The Morgan fingerprint density at radius 3 is 2.54 bits per heavy atom. The van der Waals surface area contributed by atoms with Gasteiger partial charge in [0.05, 0.1) is 13.0 Å². The number of carboxylic acids is 1. The Morgan fingerprint density at radius 1 is 1.29 bits per heavy atom. The molecule has 1 saturated heterocycles. The fourth-order valence-electron chi connectivity index (χ4n) is 3.20. The van der Waals surface area contributed by atoms with Gasteiger partial charge in [0.25, 0.3) is 0 Å². The molecule has 1 aromatic carbocycles. The number of ether oxygens (including phenoxy) is 1. The van der Waals surface area contributed by atoms with Crippen molar-refractivity contribution in [3.05, 3.63) is 29.3 Å². The minimum absolute atomic E-state index is 0.0176. The van der Waals surface area contributed by atoms with Crippen molar-refractivity contribution in [1.82, 2.24) is 5.32 Å². The Hall–Kier alpha value is -1.88. The van der Waals surface area contributed by atoms with E-state index in [9.17, 15) is 14.7 Å². The average molecular weight is 333 g/mol. The average Bonchev–Trinajstić information content (AvgIpc) is 3.05. The van der Waals surface area contributed by atoms with Gasteiger partial charge in [-0.05, 0) is 55.1 Å². The molecule has 5 nitrogen and oxygen atoms in total. The zero-order chi connectivity index (χ0) is 17.7. The third-order valence-corrected chi connectivity index (χ3v) is 4.72. The van der Waals surface area contributed by atoms with Crippen LogP contribution in [0.25, 0.3) is 0 Å². The van der Waals surface area contributed by atoms with E-state index in [4.69, 9.17) is 4.74 Å². The summed E-state index contributed by atoms with van der Waals surface area (Å²) in [5, 5.41) is 12.8. The molecule has 132 valence electrons. The number of methoxy groups -OCH3 is 1. The molecule has 1 aliphatic heterocycles. The third kappa shape index (κ3) is 4.81. The van der Waals surface area contributed by atoms with E-state index in [0.29, 0.717) is 18.6 Å². The Bertz CT molecular complexity index is 591. The molecule has 0 radical (unpaired) electrons. The topological polar surface area (TPSA) is 75.6 Å². The van der Waals surface area contributed by atoms with E-state index in [1.807, 2.05) is 32.0 Å². The van der Waals surface area contributed by atoms with E-state index in [1.165, 1.54) is 0 Å². The van der Waals surface area contributed by atoms with Crippen LogP contribution in [-0.2, 0) is 22.4 Å². The lowest BCUT2D eigenvalue weighted by atomic mass is 9.85. The summed E-state index contributed by atoms with van der Waals surface area (Å²) in [5.41, 5.74) is 1.80. The van der Waals surface area contributed by atoms with Gasteiger partial charge in [0.2, 0.25) is 0 Å². The van der Waals surface area contributed by atoms with Gasteiger partial charge in [-0.25, -0.2) is 0 Å². The number of benzene rings is 1. The minimum atomic E-state index is -0.758. The van der Waals surface area contributed by atoms with Crippen LogP contribution in [0.3, 0.4) is 0 Å². The van der Waals surface area contributed by atoms with Gasteiger partial charge in [-0.1, -0.05) is 19.9 Å². The van der Waals surface area contributed by atoms with Crippen molar-refractivity contribution in [2.75, 3.05) is 20.2 Å². The van der Waals surface area contributed by atoms with Crippen LogP contribution in [-0.4, -0.2) is 37.1 Å². The van der Waals surface area contributed by atoms with Crippen molar-refractivity contribution in [3.63, 3.8) is 0 Å². The van der Waals surface area contributed by atoms with Crippen molar-refractivity contribution in [2.45, 2.75) is 33.1 Å². The van der Waals surface area contributed by atoms with Crippen molar-refractivity contribution in [2.24, 2.45) is 17.8 Å². The lowest BCUT2D eigenvalue weighted by Gasteiger charge is -2.19. The van der Waals surface area contributed by atoms with Crippen LogP contribution in [0.5, 0.6) is 5.75 Å². The first-order valence-corrected chi connectivity index (χ1v) is 8.53. The number of carbonyl (C=O) groups excluding carboxylic acids is 1. The fourth-order valence-corrected chi connectivity index (χ4v) is 3.20. The number of carbonyl (C=O) groups is 2. The number of aliphatic carboxylic acids is 1. The molecule has 0 aliphatic carbocycles. The summed E-state index contributed by atoms with van der Waals surface area (Å²) in [4.78, 5) is 23.7. The van der Waals surface area contributed by atoms with Gasteiger partial charge >= 0.3 is 5.97 Å². The van der Waals surface area contributed by atoms with E-state index < -0.39 is 11.9 Å². The second-order valence-electron chi connectivity index (χ2n) is 6.89. The standard InChI is InChI=1S/C19H27NO4/c1-12(2)18(21)10-14-6-13(7-16(8-14)24-3)9-17(19(22)23)15-4-5-20-11-15/h6-8,12,15,17,20H,4-5,9-11H2,1-3H3,(H,22,23)/t15-,17-/m0/s1. The molecule has 0 aromatic heterocycles. The van der Waals surface area contributed by atoms with Crippen LogP contribution < -0.4 is 10.1 Å². The molecule has 2 atom stereocenters. The van der Waals surface area contributed by atoms with Crippen LogP contribution >= 0.6 is 0 Å². The second kappa shape index (κ2) is 8.29. The second-order valence-corrected chi connectivity index (χ2v) is 6.89. The van der Waals surface area contributed by atoms with Gasteiger partial charge in [0.1, 0.15) is 11.5 Å². The number of nitrogens with one attached hydrogen (secondary N) is 1. The molecule has 2 N–H and O–H groups in total. The van der Waals surface area contributed by atoms with Crippen LogP contribution in [0, 0.1) is 17.8 Å². The molecular formula is C19H27NO4. The molecule has 1 aliphatic rings. The molecule has 0 bridgehead atoms. The molecular weight excluding hydrogens is 306 g/mol. The van der Waals surface area contributed by atoms with E-state index in [2.05, 4.69) is 5.32 Å². The summed E-state index contributed by atoms with van der Waals surface area (Å²) in [6.07, 6.45) is 1.70. The maximum Gasteiger partial charge on any atom is 0.307 e. The van der Waals surface area contributed by atoms with Crippen molar-refractivity contribution >= 4 is 11.8 Å². The van der Waals surface area contributed by atoms with Crippen molar-refractivity contribution in [3.8, 4) is 5.75 Å². The van der Waals surface area contributed by atoms with Gasteiger partial charge in [0, 0.05) is 12.3 Å². The van der Waals surface area contributed by atoms with Gasteiger partial charge in [-0.15, -0.1) is 0 Å². The van der Waals surface area contributed by atoms with E-state index in [1.54, 1.807) is 7.11 Å². The van der Waals surface area contributed by atoms with E-state index >= 15 is 0 Å². The van der Waals surface area contributed by atoms with E-state index in [0.717, 1.165) is 30.6 Å². The van der Waals surface area contributed by atoms with E-state index in [-0.39, 0.29) is 17.6 Å². The number of rotatable bonds is 8. The predicted octanol–water partition coefficient (Wildman–Crippen LogP) is 2.32. The highest BCUT2D eigenvalue weighted by molar-refractivity contribution is 5.82.